The minimum Gasteiger partial charge on any atom is -0.378 e. The van der Waals surface area contributed by atoms with Crippen LogP contribution in [0.25, 0.3) is 0 Å². The monoisotopic (exact) mass is 347 g/mol. The van der Waals surface area contributed by atoms with Crippen LogP contribution in [0.15, 0.2) is 24.3 Å². The van der Waals surface area contributed by atoms with E-state index in [-0.39, 0.29) is 11.8 Å². The van der Waals surface area contributed by atoms with Gasteiger partial charge in [0.05, 0.1) is 13.2 Å². The number of piperidine rings is 1. The van der Waals surface area contributed by atoms with E-state index >= 15 is 0 Å². The van der Waals surface area contributed by atoms with Gasteiger partial charge in [-0.1, -0.05) is 0 Å². The first kappa shape index (κ1) is 17.8. The van der Waals surface area contributed by atoms with E-state index in [4.69, 9.17) is 9.47 Å². The van der Waals surface area contributed by atoms with Crippen LogP contribution in [0.5, 0.6) is 0 Å². The molecule has 0 saturated carbocycles. The first-order valence-electron chi connectivity index (χ1n) is 8.69. The molecule has 25 heavy (non-hydrogen) atoms. The number of amides is 2. The van der Waals surface area contributed by atoms with Crippen LogP contribution in [0.2, 0.25) is 0 Å². The Hall–Kier alpha value is -1.96. The fourth-order valence-electron chi connectivity index (χ4n) is 3.24. The zero-order valence-electron chi connectivity index (χ0n) is 14.5. The Morgan fingerprint density at radius 1 is 1.16 bits per heavy atom. The Kier molecular flexibility index (Phi) is 5.67. The summed E-state index contributed by atoms with van der Waals surface area (Å²) in [5, 5.41) is 6.15. The van der Waals surface area contributed by atoms with Gasteiger partial charge in [0.25, 0.3) is 11.8 Å². The molecule has 2 aliphatic rings. The maximum atomic E-state index is 12.6. The van der Waals surface area contributed by atoms with Crippen molar-refractivity contribution in [1.29, 1.82) is 0 Å². The highest BCUT2D eigenvalue weighted by molar-refractivity contribution is 5.98. The maximum absolute atomic E-state index is 12.6. The molecule has 0 atom stereocenters. The lowest BCUT2D eigenvalue weighted by molar-refractivity contribution is -0.140. The topological polar surface area (TPSA) is 79.9 Å². The molecule has 2 heterocycles. The van der Waals surface area contributed by atoms with E-state index in [0.29, 0.717) is 50.4 Å². The van der Waals surface area contributed by atoms with E-state index in [1.807, 2.05) is 0 Å². The quantitative estimate of drug-likeness (QED) is 0.845. The summed E-state index contributed by atoms with van der Waals surface area (Å²) in [6.07, 6.45) is 1.28. The highest BCUT2D eigenvalue weighted by Gasteiger charge is 2.39. The number of anilines is 1. The predicted octanol–water partition coefficient (Wildman–Crippen LogP) is 0.866. The molecule has 2 N–H and O–H groups in total. The molecular formula is C18H25N3O4. The van der Waals surface area contributed by atoms with Crippen LogP contribution in [0.1, 0.15) is 23.2 Å². The molecule has 0 unspecified atom stereocenters. The van der Waals surface area contributed by atoms with Gasteiger partial charge in [-0.25, -0.2) is 0 Å². The van der Waals surface area contributed by atoms with Crippen molar-refractivity contribution in [3.8, 4) is 0 Å². The molecule has 7 heteroatoms. The van der Waals surface area contributed by atoms with Crippen LogP contribution >= 0.6 is 0 Å². The zero-order chi connectivity index (χ0) is 17.7. The minimum atomic E-state index is -0.784. The number of carbonyl (C=O) groups excluding carboxylic acids is 2. The molecule has 7 nitrogen and oxygen atoms in total. The number of carbonyl (C=O) groups is 2. The van der Waals surface area contributed by atoms with Crippen LogP contribution in [-0.2, 0) is 14.3 Å². The highest BCUT2D eigenvalue weighted by Crippen LogP contribution is 2.24. The normalized spacial score (nSPS) is 20.1. The van der Waals surface area contributed by atoms with Crippen molar-refractivity contribution in [2.24, 2.45) is 0 Å². The number of methoxy groups -OCH3 is 1. The largest absolute Gasteiger partial charge is 0.378 e. The molecule has 2 amide bonds. The number of hydrogen-bond acceptors (Lipinski definition) is 5. The van der Waals surface area contributed by atoms with Crippen molar-refractivity contribution < 1.29 is 19.1 Å². The summed E-state index contributed by atoms with van der Waals surface area (Å²) in [6.45, 7) is 3.90. The van der Waals surface area contributed by atoms with Crippen LogP contribution < -0.4 is 10.6 Å². The average molecular weight is 347 g/mol. The van der Waals surface area contributed by atoms with Crippen LogP contribution in [0, 0.1) is 0 Å². The third-order valence-corrected chi connectivity index (χ3v) is 4.90. The van der Waals surface area contributed by atoms with Crippen molar-refractivity contribution >= 4 is 17.5 Å². The smallest absolute Gasteiger partial charge is 0.256 e. The first-order valence-corrected chi connectivity index (χ1v) is 8.69. The highest BCUT2D eigenvalue weighted by atomic mass is 16.5. The van der Waals surface area contributed by atoms with Gasteiger partial charge in [0, 0.05) is 31.5 Å². The number of ether oxygens (including phenoxy) is 2. The Morgan fingerprint density at radius 3 is 2.40 bits per heavy atom. The standard InChI is InChI=1S/C18H25N3O4/c1-24-18(6-8-19-9-7-18)17(23)20-15-4-2-14(3-5-15)16(22)21-10-12-25-13-11-21/h2-5,19H,6-13H2,1H3,(H,20,23). The lowest BCUT2D eigenvalue weighted by Crippen LogP contribution is -2.51. The Bertz CT molecular complexity index is 605. The number of rotatable bonds is 4. The second-order valence-corrected chi connectivity index (χ2v) is 6.38. The molecule has 2 saturated heterocycles. The second-order valence-electron chi connectivity index (χ2n) is 6.38. The molecule has 3 rings (SSSR count). The Labute approximate surface area is 147 Å². The average Bonchev–Trinajstić information content (AvgIpc) is 2.69. The molecule has 1 aromatic carbocycles. The summed E-state index contributed by atoms with van der Waals surface area (Å²) in [4.78, 5) is 26.9. The summed E-state index contributed by atoms with van der Waals surface area (Å²) < 4.78 is 10.8. The molecule has 136 valence electrons. The first-order chi connectivity index (χ1) is 12.1. The van der Waals surface area contributed by atoms with Crippen molar-refractivity contribution in [2.45, 2.75) is 18.4 Å². The van der Waals surface area contributed by atoms with Gasteiger partial charge in [0.15, 0.2) is 0 Å². The number of nitrogens with zero attached hydrogens (tertiary/aromatic N) is 1. The molecule has 2 fully saturated rings. The SMILES string of the molecule is COC1(C(=O)Nc2ccc(C(=O)N3CCOCC3)cc2)CCNCC1. The molecule has 2 aliphatic heterocycles. The summed E-state index contributed by atoms with van der Waals surface area (Å²) in [5.41, 5.74) is 0.495. The van der Waals surface area contributed by atoms with Gasteiger partial charge in [-0.15, -0.1) is 0 Å². The van der Waals surface area contributed by atoms with Crippen LogP contribution in [0.4, 0.5) is 5.69 Å². The molecule has 0 radical (unpaired) electrons. The maximum Gasteiger partial charge on any atom is 0.256 e. The number of hydrogen-bond donors (Lipinski definition) is 2. The van der Waals surface area contributed by atoms with Gasteiger partial charge in [-0.05, 0) is 50.2 Å². The summed E-state index contributed by atoms with van der Waals surface area (Å²) in [6, 6.07) is 7.01. The molecule has 0 bridgehead atoms. The van der Waals surface area contributed by atoms with E-state index in [2.05, 4.69) is 10.6 Å². The van der Waals surface area contributed by atoms with E-state index in [1.165, 1.54) is 0 Å². The van der Waals surface area contributed by atoms with Gasteiger partial charge in [0.2, 0.25) is 0 Å². The summed E-state index contributed by atoms with van der Waals surface area (Å²) in [5.74, 6) is -0.142. The Morgan fingerprint density at radius 2 is 1.80 bits per heavy atom. The lowest BCUT2D eigenvalue weighted by atomic mass is 9.91. The molecule has 0 aliphatic carbocycles. The predicted molar refractivity (Wildman–Crippen MR) is 93.6 cm³/mol. The lowest BCUT2D eigenvalue weighted by Gasteiger charge is -2.34. The third kappa shape index (κ3) is 4.00. The van der Waals surface area contributed by atoms with Crippen molar-refractivity contribution in [2.75, 3.05) is 51.8 Å². The molecule has 0 spiro atoms. The van der Waals surface area contributed by atoms with Gasteiger partial charge < -0.3 is 25.0 Å². The van der Waals surface area contributed by atoms with E-state index < -0.39 is 5.60 Å². The number of nitrogens with one attached hydrogen (secondary N) is 2. The van der Waals surface area contributed by atoms with Crippen molar-refractivity contribution in [1.82, 2.24) is 10.2 Å². The zero-order valence-corrected chi connectivity index (χ0v) is 14.5. The van der Waals surface area contributed by atoms with Crippen molar-refractivity contribution in [3.05, 3.63) is 29.8 Å². The third-order valence-electron chi connectivity index (χ3n) is 4.90. The Balaban J connectivity index is 1.63. The van der Waals surface area contributed by atoms with Crippen LogP contribution in [0.3, 0.4) is 0 Å². The van der Waals surface area contributed by atoms with Gasteiger partial charge in [0.1, 0.15) is 5.60 Å². The van der Waals surface area contributed by atoms with Gasteiger partial charge in [-0.3, -0.25) is 9.59 Å². The second kappa shape index (κ2) is 7.95. The van der Waals surface area contributed by atoms with Crippen molar-refractivity contribution in [3.63, 3.8) is 0 Å². The summed E-state index contributed by atoms with van der Waals surface area (Å²) in [7, 11) is 1.58. The fourth-order valence-corrected chi connectivity index (χ4v) is 3.24. The number of benzene rings is 1. The van der Waals surface area contributed by atoms with E-state index in [0.717, 1.165) is 13.1 Å². The number of morpholine rings is 1. The molecule has 0 aromatic heterocycles. The van der Waals surface area contributed by atoms with Crippen LogP contribution in [-0.4, -0.2) is 68.8 Å². The summed E-state index contributed by atoms with van der Waals surface area (Å²) >= 11 is 0. The van der Waals surface area contributed by atoms with Gasteiger partial charge >= 0.3 is 0 Å². The molecule has 1 aromatic rings. The van der Waals surface area contributed by atoms with Gasteiger partial charge in [-0.2, -0.15) is 0 Å². The minimum absolute atomic E-state index is 0.00658. The fraction of sp³-hybridized carbons (Fsp3) is 0.556. The van der Waals surface area contributed by atoms with E-state index in [1.54, 1.807) is 36.3 Å². The molecular weight excluding hydrogens is 322 g/mol. The van der Waals surface area contributed by atoms with E-state index in [9.17, 15) is 9.59 Å².